The molecule has 0 fully saturated rings. The molecule has 0 amide bonds. The molecule has 0 bridgehead atoms. The Labute approximate surface area is 111 Å². The van der Waals surface area contributed by atoms with Crippen LogP contribution in [-0.2, 0) is 30.2 Å². The summed E-state index contributed by atoms with van der Waals surface area (Å²) in [6.07, 6.45) is 1.63. The largest absolute Gasteiger partial charge is 0.447 e. The molecular formula is C11H16N4O3S. The van der Waals surface area contributed by atoms with Gasteiger partial charge in [-0.15, -0.1) is 0 Å². The van der Waals surface area contributed by atoms with E-state index in [2.05, 4.69) is 9.82 Å². The second-order valence-corrected chi connectivity index (χ2v) is 5.83. The van der Waals surface area contributed by atoms with Gasteiger partial charge < -0.3 is 10.2 Å². The maximum atomic E-state index is 12.0. The zero-order chi connectivity index (χ0) is 14.0. The lowest BCUT2D eigenvalue weighted by Gasteiger charge is -2.04. The molecule has 0 aliphatic rings. The molecule has 2 aromatic heterocycles. The minimum atomic E-state index is -3.66. The fourth-order valence-electron chi connectivity index (χ4n) is 1.57. The van der Waals surface area contributed by atoms with Gasteiger partial charge in [-0.3, -0.25) is 4.68 Å². The molecule has 0 aromatic carbocycles. The van der Waals surface area contributed by atoms with E-state index in [9.17, 15) is 8.42 Å². The van der Waals surface area contributed by atoms with Gasteiger partial charge in [-0.2, -0.15) is 5.10 Å². The van der Waals surface area contributed by atoms with Crippen LogP contribution in [0.3, 0.4) is 0 Å². The maximum Gasteiger partial charge on any atom is 0.274 e. The highest BCUT2D eigenvalue weighted by atomic mass is 32.2. The smallest absolute Gasteiger partial charge is 0.274 e. The van der Waals surface area contributed by atoms with Gasteiger partial charge in [0, 0.05) is 24.8 Å². The van der Waals surface area contributed by atoms with Crippen molar-refractivity contribution in [3.05, 3.63) is 35.3 Å². The Kier molecular flexibility index (Phi) is 3.74. The molecule has 0 aliphatic carbocycles. The lowest BCUT2D eigenvalue weighted by molar-refractivity contribution is 0.412. The first-order valence-corrected chi connectivity index (χ1v) is 7.18. The Balaban J connectivity index is 2.11. The fraction of sp³-hybridized carbons (Fsp3) is 0.364. The number of nitrogens with one attached hydrogen (secondary N) is 1. The summed E-state index contributed by atoms with van der Waals surface area (Å²) in [7, 11) is -1.87. The summed E-state index contributed by atoms with van der Waals surface area (Å²) in [5, 5.41) is 3.92. The van der Waals surface area contributed by atoms with E-state index in [0.29, 0.717) is 5.76 Å². The molecule has 0 unspecified atom stereocenters. The summed E-state index contributed by atoms with van der Waals surface area (Å²) in [6, 6.07) is 2.94. The minimum absolute atomic E-state index is 0.130. The lowest BCUT2D eigenvalue weighted by Crippen LogP contribution is -2.23. The van der Waals surface area contributed by atoms with Gasteiger partial charge in [0.1, 0.15) is 5.76 Å². The normalized spacial score (nSPS) is 11.9. The molecule has 0 atom stereocenters. The molecule has 0 saturated carbocycles. The SMILES string of the molecule is Cc1c(CNS(=O)(=O)c2ccc(CN)o2)cnn1C. The predicted octanol–water partition coefficient (Wildman–Crippen LogP) is 0.259. The van der Waals surface area contributed by atoms with E-state index in [1.54, 1.807) is 24.0 Å². The number of nitrogens with two attached hydrogens (primary N) is 1. The third-order valence-electron chi connectivity index (χ3n) is 2.89. The monoisotopic (exact) mass is 284 g/mol. The first kappa shape index (κ1) is 13.8. The number of aryl methyl sites for hydroxylation is 1. The summed E-state index contributed by atoms with van der Waals surface area (Å²) in [4.78, 5) is 0. The Morgan fingerprint density at radius 3 is 2.74 bits per heavy atom. The highest BCUT2D eigenvalue weighted by Crippen LogP contribution is 2.14. The molecule has 0 aliphatic heterocycles. The Morgan fingerprint density at radius 1 is 1.47 bits per heavy atom. The van der Waals surface area contributed by atoms with E-state index in [-0.39, 0.29) is 18.2 Å². The van der Waals surface area contributed by atoms with Gasteiger partial charge in [-0.25, -0.2) is 13.1 Å². The van der Waals surface area contributed by atoms with Crippen LogP contribution >= 0.6 is 0 Å². The van der Waals surface area contributed by atoms with Crippen LogP contribution in [0.25, 0.3) is 0 Å². The van der Waals surface area contributed by atoms with Crippen LogP contribution < -0.4 is 10.5 Å². The summed E-state index contributed by atoms with van der Waals surface area (Å²) in [5.74, 6) is 0.429. The number of hydrogen-bond donors (Lipinski definition) is 2. The van der Waals surface area contributed by atoms with Crippen LogP contribution in [0.4, 0.5) is 0 Å². The molecule has 2 heterocycles. The van der Waals surface area contributed by atoms with Gasteiger partial charge in [0.15, 0.2) is 0 Å². The van der Waals surface area contributed by atoms with Crippen molar-refractivity contribution in [1.29, 1.82) is 0 Å². The van der Waals surface area contributed by atoms with E-state index in [1.807, 2.05) is 6.92 Å². The molecule has 0 saturated heterocycles. The Hall–Kier alpha value is -1.64. The fourth-order valence-corrected chi connectivity index (χ4v) is 2.53. The topological polar surface area (TPSA) is 103 Å². The van der Waals surface area contributed by atoms with E-state index in [4.69, 9.17) is 10.2 Å². The van der Waals surface area contributed by atoms with Crippen LogP contribution in [0.5, 0.6) is 0 Å². The average molecular weight is 284 g/mol. The average Bonchev–Trinajstić information content (AvgIpc) is 2.97. The second kappa shape index (κ2) is 5.16. The van der Waals surface area contributed by atoms with Crippen molar-refractivity contribution < 1.29 is 12.8 Å². The minimum Gasteiger partial charge on any atom is -0.447 e. The maximum absolute atomic E-state index is 12.0. The van der Waals surface area contributed by atoms with Gasteiger partial charge in [0.05, 0.1) is 12.7 Å². The zero-order valence-electron chi connectivity index (χ0n) is 10.8. The molecule has 3 N–H and O–H groups in total. The van der Waals surface area contributed by atoms with Crippen LogP contribution in [-0.4, -0.2) is 18.2 Å². The molecule has 7 nitrogen and oxygen atoms in total. The molecule has 8 heteroatoms. The van der Waals surface area contributed by atoms with E-state index in [1.165, 1.54) is 6.07 Å². The van der Waals surface area contributed by atoms with E-state index >= 15 is 0 Å². The van der Waals surface area contributed by atoms with Crippen molar-refractivity contribution in [3.8, 4) is 0 Å². The van der Waals surface area contributed by atoms with E-state index < -0.39 is 10.0 Å². The highest BCUT2D eigenvalue weighted by molar-refractivity contribution is 7.89. The summed E-state index contributed by atoms with van der Waals surface area (Å²) >= 11 is 0. The van der Waals surface area contributed by atoms with Crippen LogP contribution in [0, 0.1) is 6.92 Å². The van der Waals surface area contributed by atoms with Gasteiger partial charge in [-0.1, -0.05) is 0 Å². The first-order valence-electron chi connectivity index (χ1n) is 5.70. The number of aromatic nitrogens is 2. The molecule has 104 valence electrons. The Morgan fingerprint density at radius 2 is 2.21 bits per heavy atom. The van der Waals surface area contributed by atoms with Crippen LogP contribution in [0.1, 0.15) is 17.0 Å². The number of furan rings is 1. The molecule has 0 spiro atoms. The van der Waals surface area contributed by atoms with E-state index in [0.717, 1.165) is 11.3 Å². The number of sulfonamides is 1. The molecule has 19 heavy (non-hydrogen) atoms. The second-order valence-electron chi connectivity index (χ2n) is 4.13. The van der Waals surface area contributed by atoms with Gasteiger partial charge in [-0.05, 0) is 19.1 Å². The van der Waals surface area contributed by atoms with Crippen molar-refractivity contribution in [1.82, 2.24) is 14.5 Å². The number of hydrogen-bond acceptors (Lipinski definition) is 5. The van der Waals surface area contributed by atoms with Crippen molar-refractivity contribution in [2.24, 2.45) is 12.8 Å². The van der Waals surface area contributed by atoms with Gasteiger partial charge in [0.2, 0.25) is 5.09 Å². The molecule has 0 radical (unpaired) electrons. The quantitative estimate of drug-likeness (QED) is 0.819. The van der Waals surface area contributed by atoms with Crippen molar-refractivity contribution >= 4 is 10.0 Å². The molecule has 2 rings (SSSR count). The van der Waals surface area contributed by atoms with Crippen molar-refractivity contribution in [2.45, 2.75) is 25.1 Å². The lowest BCUT2D eigenvalue weighted by atomic mass is 10.3. The van der Waals surface area contributed by atoms with Gasteiger partial charge in [0.25, 0.3) is 10.0 Å². The third-order valence-corrected chi connectivity index (χ3v) is 4.17. The predicted molar refractivity (Wildman–Crippen MR) is 68.6 cm³/mol. The first-order chi connectivity index (χ1) is 8.94. The molecule has 2 aromatic rings. The summed E-state index contributed by atoms with van der Waals surface area (Å²) in [5.41, 5.74) is 7.10. The molecular weight excluding hydrogens is 268 g/mol. The highest BCUT2D eigenvalue weighted by Gasteiger charge is 2.19. The van der Waals surface area contributed by atoms with Crippen LogP contribution in [0.2, 0.25) is 0 Å². The van der Waals surface area contributed by atoms with Crippen molar-refractivity contribution in [3.63, 3.8) is 0 Å². The Bertz CT molecular complexity index is 672. The number of rotatable bonds is 5. The van der Waals surface area contributed by atoms with Crippen LogP contribution in [0.15, 0.2) is 27.8 Å². The summed E-state index contributed by atoms with van der Waals surface area (Å²) in [6.45, 7) is 2.20. The summed E-state index contributed by atoms with van der Waals surface area (Å²) < 4.78 is 33.2. The zero-order valence-corrected chi connectivity index (χ0v) is 11.6. The van der Waals surface area contributed by atoms with Gasteiger partial charge >= 0.3 is 0 Å². The standard InChI is InChI=1S/C11H16N4O3S/c1-8-9(6-13-15(8)2)7-14-19(16,17)11-4-3-10(5-12)18-11/h3-4,6,14H,5,7,12H2,1-2H3. The third kappa shape index (κ3) is 2.86. The van der Waals surface area contributed by atoms with Crippen molar-refractivity contribution in [2.75, 3.05) is 0 Å². The number of nitrogens with zero attached hydrogens (tertiary/aromatic N) is 2.